The van der Waals surface area contributed by atoms with E-state index in [1.54, 1.807) is 29.4 Å². The molecule has 1 N–H and O–H groups in total. The highest BCUT2D eigenvalue weighted by Crippen LogP contribution is 2.13. The van der Waals surface area contributed by atoms with E-state index in [0.717, 1.165) is 12.0 Å². The zero-order valence-electron chi connectivity index (χ0n) is 12.2. The van der Waals surface area contributed by atoms with E-state index < -0.39 is 0 Å². The smallest absolute Gasteiger partial charge is 0.270 e. The van der Waals surface area contributed by atoms with Crippen LogP contribution in [0.25, 0.3) is 0 Å². The van der Waals surface area contributed by atoms with Crippen molar-refractivity contribution in [3.63, 3.8) is 0 Å². The second-order valence-electron chi connectivity index (χ2n) is 4.97. The molecular formula is C16H19N3O2. The molecular weight excluding hydrogens is 266 g/mol. The maximum atomic E-state index is 12.6. The quantitative estimate of drug-likeness (QED) is 0.916. The number of aromatic amines is 1. The first-order valence-electron chi connectivity index (χ1n) is 7.01. The van der Waals surface area contributed by atoms with Crippen LogP contribution in [0.15, 0.2) is 47.5 Å². The Bertz CT molecular complexity index is 652. The average molecular weight is 285 g/mol. The zero-order valence-corrected chi connectivity index (χ0v) is 12.2. The van der Waals surface area contributed by atoms with E-state index in [4.69, 9.17) is 0 Å². The lowest BCUT2D eigenvalue weighted by Crippen LogP contribution is -2.38. The molecule has 2 rings (SSSR count). The number of nitrogens with one attached hydrogen (secondary N) is 1. The van der Waals surface area contributed by atoms with Gasteiger partial charge in [0.05, 0.1) is 0 Å². The van der Waals surface area contributed by atoms with Gasteiger partial charge in [-0.15, -0.1) is 0 Å². The molecule has 21 heavy (non-hydrogen) atoms. The summed E-state index contributed by atoms with van der Waals surface area (Å²) in [6, 6.07) is 8.47. The molecule has 0 saturated carbocycles. The molecule has 1 atom stereocenters. The van der Waals surface area contributed by atoms with Crippen molar-refractivity contribution in [2.24, 2.45) is 0 Å². The molecule has 2 aromatic rings. The van der Waals surface area contributed by atoms with Crippen molar-refractivity contribution in [2.45, 2.75) is 32.9 Å². The summed E-state index contributed by atoms with van der Waals surface area (Å²) in [4.78, 5) is 32.4. The Hall–Kier alpha value is -2.43. The highest BCUT2D eigenvalue weighted by atomic mass is 16.2. The maximum absolute atomic E-state index is 12.6. The summed E-state index contributed by atoms with van der Waals surface area (Å²) in [7, 11) is 0. The van der Waals surface area contributed by atoms with Gasteiger partial charge in [0.1, 0.15) is 5.69 Å². The molecule has 0 fully saturated rings. The number of amides is 1. The van der Waals surface area contributed by atoms with E-state index >= 15 is 0 Å². The molecule has 5 nitrogen and oxygen atoms in total. The normalized spacial score (nSPS) is 11.9. The van der Waals surface area contributed by atoms with Crippen LogP contribution >= 0.6 is 0 Å². The lowest BCUT2D eigenvalue weighted by Gasteiger charge is -2.28. The number of nitrogens with zero attached hydrogens (tertiary/aromatic N) is 2. The molecule has 2 heterocycles. The van der Waals surface area contributed by atoms with Gasteiger partial charge in [-0.25, -0.2) is 0 Å². The van der Waals surface area contributed by atoms with Gasteiger partial charge in [0.25, 0.3) is 5.91 Å². The molecule has 0 aliphatic rings. The molecule has 0 aromatic carbocycles. The Kier molecular flexibility index (Phi) is 4.87. The second-order valence-corrected chi connectivity index (χ2v) is 4.97. The third-order valence-corrected chi connectivity index (χ3v) is 3.48. The van der Waals surface area contributed by atoms with Crippen molar-refractivity contribution < 1.29 is 4.79 Å². The fourth-order valence-corrected chi connectivity index (χ4v) is 2.06. The maximum Gasteiger partial charge on any atom is 0.270 e. The van der Waals surface area contributed by atoms with Gasteiger partial charge in [0.15, 0.2) is 0 Å². The number of rotatable bonds is 5. The molecule has 1 amide bonds. The first-order chi connectivity index (χ1) is 10.1. The first-order valence-corrected chi connectivity index (χ1v) is 7.01. The summed E-state index contributed by atoms with van der Waals surface area (Å²) < 4.78 is 0. The first kappa shape index (κ1) is 15.0. The van der Waals surface area contributed by atoms with Gasteiger partial charge in [0.2, 0.25) is 5.56 Å². The van der Waals surface area contributed by atoms with Crippen molar-refractivity contribution >= 4 is 5.91 Å². The summed E-state index contributed by atoms with van der Waals surface area (Å²) in [5.74, 6) is -0.168. The molecule has 0 spiro atoms. The standard InChI is InChI=1S/C16H19N3O2/c1-3-12(2)19(11-13-7-9-17-10-8-13)16(21)14-5-4-6-15(20)18-14/h4-10,12H,3,11H2,1-2H3,(H,18,20). The fourth-order valence-electron chi connectivity index (χ4n) is 2.06. The minimum absolute atomic E-state index is 0.0781. The van der Waals surface area contributed by atoms with Crippen LogP contribution in [0.2, 0.25) is 0 Å². The predicted octanol–water partition coefficient (Wildman–Crippen LogP) is 2.21. The van der Waals surface area contributed by atoms with Crippen molar-refractivity contribution in [3.8, 4) is 0 Å². The summed E-state index contributed by atoms with van der Waals surface area (Å²) >= 11 is 0. The fraction of sp³-hybridized carbons (Fsp3) is 0.312. The molecule has 0 aliphatic carbocycles. The molecule has 5 heteroatoms. The summed E-state index contributed by atoms with van der Waals surface area (Å²) in [5.41, 5.74) is 1.06. The molecule has 2 aromatic heterocycles. The van der Waals surface area contributed by atoms with Gasteiger partial charge >= 0.3 is 0 Å². The molecule has 1 unspecified atom stereocenters. The van der Waals surface area contributed by atoms with Gasteiger partial charge in [0, 0.05) is 31.0 Å². The van der Waals surface area contributed by atoms with Crippen LogP contribution in [0.5, 0.6) is 0 Å². The van der Waals surface area contributed by atoms with Crippen LogP contribution in [0, 0.1) is 0 Å². The van der Waals surface area contributed by atoms with Crippen LogP contribution in [0.3, 0.4) is 0 Å². The van der Waals surface area contributed by atoms with Crippen LogP contribution in [0.4, 0.5) is 0 Å². The van der Waals surface area contributed by atoms with E-state index in [-0.39, 0.29) is 17.5 Å². The van der Waals surface area contributed by atoms with Gasteiger partial charge < -0.3 is 9.88 Å². The monoisotopic (exact) mass is 285 g/mol. The van der Waals surface area contributed by atoms with Crippen molar-refractivity contribution in [1.29, 1.82) is 0 Å². The minimum Gasteiger partial charge on any atom is -0.330 e. The Morgan fingerprint density at radius 3 is 2.62 bits per heavy atom. The Morgan fingerprint density at radius 2 is 2.00 bits per heavy atom. The average Bonchev–Trinajstić information content (AvgIpc) is 2.52. The number of aromatic nitrogens is 2. The lowest BCUT2D eigenvalue weighted by molar-refractivity contribution is 0.0665. The summed E-state index contributed by atoms with van der Waals surface area (Å²) in [6.45, 7) is 4.53. The van der Waals surface area contributed by atoms with E-state index in [0.29, 0.717) is 12.2 Å². The molecule has 0 aliphatic heterocycles. The molecule has 0 saturated heterocycles. The molecule has 110 valence electrons. The van der Waals surface area contributed by atoms with Gasteiger partial charge in [-0.1, -0.05) is 13.0 Å². The topological polar surface area (TPSA) is 66.1 Å². The van der Waals surface area contributed by atoms with Crippen molar-refractivity contribution in [3.05, 3.63) is 64.3 Å². The predicted molar refractivity (Wildman–Crippen MR) is 80.9 cm³/mol. The minimum atomic E-state index is -0.270. The largest absolute Gasteiger partial charge is 0.330 e. The number of hydrogen-bond acceptors (Lipinski definition) is 3. The van der Waals surface area contributed by atoms with Gasteiger partial charge in [-0.3, -0.25) is 14.6 Å². The number of H-pyrrole nitrogens is 1. The van der Waals surface area contributed by atoms with E-state index in [9.17, 15) is 9.59 Å². The van der Waals surface area contributed by atoms with Crippen LogP contribution in [-0.2, 0) is 6.54 Å². The van der Waals surface area contributed by atoms with Gasteiger partial charge in [-0.2, -0.15) is 0 Å². The zero-order chi connectivity index (χ0) is 15.2. The van der Waals surface area contributed by atoms with Crippen molar-refractivity contribution in [2.75, 3.05) is 0 Å². The van der Waals surface area contributed by atoms with Crippen LogP contribution in [0.1, 0.15) is 36.3 Å². The number of hydrogen-bond donors (Lipinski definition) is 1. The number of carbonyl (C=O) groups excluding carboxylic acids is 1. The number of carbonyl (C=O) groups is 1. The Balaban J connectivity index is 2.27. The highest BCUT2D eigenvalue weighted by molar-refractivity contribution is 5.92. The van der Waals surface area contributed by atoms with E-state index in [1.807, 2.05) is 26.0 Å². The molecule has 0 radical (unpaired) electrons. The SMILES string of the molecule is CCC(C)N(Cc1ccncc1)C(=O)c1cccc(=O)[nH]1. The van der Waals surface area contributed by atoms with Gasteiger partial charge in [-0.05, 0) is 37.1 Å². The third-order valence-electron chi connectivity index (χ3n) is 3.48. The highest BCUT2D eigenvalue weighted by Gasteiger charge is 2.21. The molecule has 0 bridgehead atoms. The van der Waals surface area contributed by atoms with Crippen LogP contribution in [-0.4, -0.2) is 26.8 Å². The summed E-state index contributed by atoms with van der Waals surface area (Å²) in [6.07, 6.45) is 4.26. The third kappa shape index (κ3) is 3.78. The Morgan fingerprint density at radius 1 is 1.29 bits per heavy atom. The van der Waals surface area contributed by atoms with E-state index in [1.165, 1.54) is 6.07 Å². The summed E-state index contributed by atoms with van der Waals surface area (Å²) in [5, 5.41) is 0. The number of pyridine rings is 2. The second kappa shape index (κ2) is 6.83. The van der Waals surface area contributed by atoms with Crippen LogP contribution < -0.4 is 5.56 Å². The van der Waals surface area contributed by atoms with E-state index in [2.05, 4.69) is 9.97 Å². The Labute approximate surface area is 123 Å². The van der Waals surface area contributed by atoms with Crippen molar-refractivity contribution in [1.82, 2.24) is 14.9 Å². The lowest BCUT2D eigenvalue weighted by atomic mass is 10.1.